The lowest BCUT2D eigenvalue weighted by molar-refractivity contribution is 0.00578. The third kappa shape index (κ3) is 3.29. The Morgan fingerprint density at radius 1 is 1.25 bits per heavy atom. The van der Waals surface area contributed by atoms with E-state index in [1.807, 2.05) is 31.4 Å². The van der Waals surface area contributed by atoms with Gasteiger partial charge in [-0.1, -0.05) is 12.1 Å². The molecule has 0 saturated carbocycles. The minimum Gasteiger partial charge on any atom is -0.400 e. The Labute approximate surface area is 121 Å². The van der Waals surface area contributed by atoms with Gasteiger partial charge in [0.1, 0.15) is 0 Å². The number of rotatable bonds is 4. The second-order valence-corrected chi connectivity index (χ2v) is 6.09. The molecule has 1 saturated heterocycles. The highest BCUT2D eigenvalue weighted by Gasteiger charge is 2.49. The first-order valence-electron chi connectivity index (χ1n) is 6.97. The molecule has 0 bridgehead atoms. The quantitative estimate of drug-likeness (QED) is 0.856. The van der Waals surface area contributed by atoms with Crippen molar-refractivity contribution in [2.75, 3.05) is 7.05 Å². The van der Waals surface area contributed by atoms with Crippen LogP contribution in [0.4, 0.5) is 0 Å². The van der Waals surface area contributed by atoms with Crippen LogP contribution in [-0.2, 0) is 15.9 Å². The van der Waals surface area contributed by atoms with Crippen molar-refractivity contribution in [3.05, 3.63) is 35.6 Å². The molecule has 1 fully saturated rings. The van der Waals surface area contributed by atoms with Crippen molar-refractivity contribution in [2.24, 2.45) is 0 Å². The molecule has 0 unspecified atom stereocenters. The number of aromatic nitrogens is 1. The van der Waals surface area contributed by atoms with Crippen LogP contribution in [0.3, 0.4) is 0 Å². The molecular weight excluding hydrogens is 251 g/mol. The summed E-state index contributed by atoms with van der Waals surface area (Å²) in [6, 6.07) is 4.03. The lowest BCUT2D eigenvalue weighted by Gasteiger charge is -2.32. The van der Waals surface area contributed by atoms with E-state index in [-0.39, 0.29) is 18.3 Å². The highest BCUT2D eigenvalue weighted by atomic mass is 16.7. The summed E-state index contributed by atoms with van der Waals surface area (Å²) in [5.41, 5.74) is 1.53. The number of nitrogens with one attached hydrogen (secondary N) is 1. The SMILES string of the molecule is CNCc1cc(/C=C/B2OC(C)(C)C(C)(C)O2)ccn1. The Morgan fingerprint density at radius 2 is 1.90 bits per heavy atom. The topological polar surface area (TPSA) is 43.4 Å². The molecule has 0 amide bonds. The Balaban J connectivity index is 2.06. The maximum atomic E-state index is 5.93. The molecule has 20 heavy (non-hydrogen) atoms. The predicted octanol–water partition coefficient (Wildman–Crippen LogP) is 2.45. The molecule has 108 valence electrons. The van der Waals surface area contributed by atoms with Gasteiger partial charge in [-0.2, -0.15) is 0 Å². The normalized spacial score (nSPS) is 20.8. The highest BCUT2D eigenvalue weighted by molar-refractivity contribution is 6.52. The molecule has 0 atom stereocenters. The minimum atomic E-state index is -0.305. The van der Waals surface area contributed by atoms with Gasteiger partial charge < -0.3 is 14.6 Å². The molecule has 5 heteroatoms. The highest BCUT2D eigenvalue weighted by Crippen LogP contribution is 2.36. The van der Waals surface area contributed by atoms with E-state index in [0.29, 0.717) is 0 Å². The van der Waals surface area contributed by atoms with Crippen molar-refractivity contribution in [3.63, 3.8) is 0 Å². The first-order valence-corrected chi connectivity index (χ1v) is 6.97. The van der Waals surface area contributed by atoms with E-state index in [1.54, 1.807) is 0 Å². The summed E-state index contributed by atoms with van der Waals surface area (Å²) in [7, 11) is 1.61. The zero-order valence-corrected chi connectivity index (χ0v) is 12.9. The average molecular weight is 274 g/mol. The monoisotopic (exact) mass is 274 g/mol. The van der Waals surface area contributed by atoms with Crippen LogP contribution in [0.2, 0.25) is 0 Å². The largest absolute Gasteiger partial charge is 0.487 e. The fourth-order valence-corrected chi connectivity index (χ4v) is 2.04. The van der Waals surface area contributed by atoms with Gasteiger partial charge in [0, 0.05) is 12.7 Å². The average Bonchev–Trinajstić information content (AvgIpc) is 2.56. The molecule has 0 spiro atoms. The minimum absolute atomic E-state index is 0.294. The van der Waals surface area contributed by atoms with Crippen molar-refractivity contribution in [2.45, 2.75) is 45.4 Å². The summed E-state index contributed by atoms with van der Waals surface area (Å²) in [5, 5.41) is 3.09. The van der Waals surface area contributed by atoms with Gasteiger partial charge in [-0.15, -0.1) is 0 Å². The standard InChI is InChI=1S/C15H23BN2O2/c1-14(2)15(3,4)20-16(19-14)8-6-12-7-9-18-13(10-12)11-17-5/h6-10,17H,11H2,1-5H3/b8-6+. The van der Waals surface area contributed by atoms with E-state index in [4.69, 9.17) is 9.31 Å². The molecule has 1 aromatic heterocycles. The maximum absolute atomic E-state index is 5.93. The molecule has 1 N–H and O–H groups in total. The fourth-order valence-electron chi connectivity index (χ4n) is 2.04. The zero-order valence-electron chi connectivity index (χ0n) is 12.9. The first-order chi connectivity index (χ1) is 9.34. The van der Waals surface area contributed by atoms with Gasteiger partial charge in [-0.25, -0.2) is 0 Å². The van der Waals surface area contributed by atoms with Crippen molar-refractivity contribution in [1.29, 1.82) is 0 Å². The number of hydrogen-bond donors (Lipinski definition) is 1. The number of hydrogen-bond acceptors (Lipinski definition) is 4. The van der Waals surface area contributed by atoms with Gasteiger partial charge >= 0.3 is 7.12 Å². The summed E-state index contributed by atoms with van der Waals surface area (Å²) >= 11 is 0. The van der Waals surface area contributed by atoms with Crippen LogP contribution < -0.4 is 5.32 Å². The van der Waals surface area contributed by atoms with E-state index in [2.05, 4.69) is 44.1 Å². The summed E-state index contributed by atoms with van der Waals surface area (Å²) < 4.78 is 11.9. The molecule has 0 radical (unpaired) electrons. The van der Waals surface area contributed by atoms with Gasteiger partial charge in [0.05, 0.1) is 16.9 Å². The van der Waals surface area contributed by atoms with E-state index in [9.17, 15) is 0 Å². The zero-order chi connectivity index (χ0) is 14.8. The van der Waals surface area contributed by atoms with Gasteiger partial charge in [0.2, 0.25) is 0 Å². The molecule has 2 heterocycles. The molecule has 2 rings (SSSR count). The van der Waals surface area contributed by atoms with E-state index >= 15 is 0 Å². The van der Waals surface area contributed by atoms with Crippen LogP contribution in [0.5, 0.6) is 0 Å². The molecular formula is C15H23BN2O2. The maximum Gasteiger partial charge on any atom is 0.487 e. The van der Waals surface area contributed by atoms with E-state index < -0.39 is 0 Å². The van der Waals surface area contributed by atoms with E-state index in [1.165, 1.54) is 0 Å². The predicted molar refractivity (Wildman–Crippen MR) is 82.1 cm³/mol. The number of pyridine rings is 1. The van der Waals surface area contributed by atoms with Gasteiger partial charge in [-0.05, 0) is 52.4 Å². The second-order valence-electron chi connectivity index (χ2n) is 6.09. The number of nitrogens with zero attached hydrogens (tertiary/aromatic N) is 1. The van der Waals surface area contributed by atoms with Crippen LogP contribution in [0.25, 0.3) is 6.08 Å². The van der Waals surface area contributed by atoms with Gasteiger partial charge in [0.25, 0.3) is 0 Å². The lowest BCUT2D eigenvalue weighted by atomic mass is 9.89. The molecule has 1 aliphatic heterocycles. The smallest absolute Gasteiger partial charge is 0.400 e. The van der Waals surface area contributed by atoms with Crippen molar-refractivity contribution in [3.8, 4) is 0 Å². The van der Waals surface area contributed by atoms with E-state index in [0.717, 1.165) is 17.8 Å². The lowest BCUT2D eigenvalue weighted by Crippen LogP contribution is -2.41. The van der Waals surface area contributed by atoms with Crippen LogP contribution in [-0.4, -0.2) is 30.4 Å². The Bertz CT molecular complexity index is 484. The van der Waals surface area contributed by atoms with Crippen LogP contribution in [0.15, 0.2) is 24.3 Å². The van der Waals surface area contributed by atoms with Crippen molar-refractivity contribution in [1.82, 2.24) is 10.3 Å². The summed E-state index contributed by atoms with van der Waals surface area (Å²) in [6.07, 6.45) is 3.83. The van der Waals surface area contributed by atoms with Gasteiger partial charge in [-0.3, -0.25) is 4.98 Å². The Hall–Kier alpha value is -1.17. The molecule has 1 aliphatic rings. The summed E-state index contributed by atoms with van der Waals surface area (Å²) in [4.78, 5) is 4.30. The first kappa shape index (κ1) is 15.2. The molecule has 0 aliphatic carbocycles. The third-order valence-corrected chi connectivity index (χ3v) is 3.92. The fraction of sp³-hybridized carbons (Fsp3) is 0.533. The van der Waals surface area contributed by atoms with Crippen LogP contribution >= 0.6 is 0 Å². The molecule has 0 aromatic carbocycles. The molecule has 4 nitrogen and oxygen atoms in total. The van der Waals surface area contributed by atoms with Crippen molar-refractivity contribution >= 4 is 13.2 Å². The Morgan fingerprint density at radius 3 is 2.50 bits per heavy atom. The Kier molecular flexibility index (Phi) is 4.32. The van der Waals surface area contributed by atoms with Crippen molar-refractivity contribution < 1.29 is 9.31 Å². The second kappa shape index (κ2) is 5.68. The van der Waals surface area contributed by atoms with Crippen LogP contribution in [0.1, 0.15) is 39.0 Å². The molecule has 1 aromatic rings. The third-order valence-electron chi connectivity index (χ3n) is 3.92. The van der Waals surface area contributed by atoms with Gasteiger partial charge in [0.15, 0.2) is 0 Å². The summed E-state index contributed by atoms with van der Waals surface area (Å²) in [5.74, 6) is 1.95. The summed E-state index contributed by atoms with van der Waals surface area (Å²) in [6.45, 7) is 8.98. The van der Waals surface area contributed by atoms with Crippen LogP contribution in [0, 0.1) is 0 Å².